The van der Waals surface area contributed by atoms with E-state index >= 15 is 0 Å². The maximum Gasteiger partial charge on any atom is 0.341 e. The number of nitriles is 1. The zero-order valence-corrected chi connectivity index (χ0v) is 17.6. The van der Waals surface area contributed by atoms with E-state index < -0.39 is 11.9 Å². The normalized spacial score (nSPS) is 10.9. The van der Waals surface area contributed by atoms with Gasteiger partial charge in [0.05, 0.1) is 18.8 Å². The Morgan fingerprint density at radius 1 is 1.21 bits per heavy atom. The lowest BCUT2D eigenvalue weighted by Crippen LogP contribution is -2.15. The lowest BCUT2D eigenvalue weighted by Gasteiger charge is -2.06. The highest BCUT2D eigenvalue weighted by atomic mass is 32.1. The Balaban J connectivity index is 2.20. The first-order valence-corrected chi connectivity index (χ1v) is 10.3. The van der Waals surface area contributed by atoms with E-state index in [0.717, 1.165) is 23.5 Å². The number of aryl methyl sites for hydroxylation is 1. The Labute approximate surface area is 174 Å². The van der Waals surface area contributed by atoms with Crippen LogP contribution in [0.5, 0.6) is 5.75 Å². The highest BCUT2D eigenvalue weighted by Crippen LogP contribution is 2.30. The molecule has 0 atom stereocenters. The van der Waals surface area contributed by atoms with Gasteiger partial charge in [0.15, 0.2) is 0 Å². The summed E-state index contributed by atoms with van der Waals surface area (Å²) >= 11 is 1.30. The number of carbonyl (C=O) groups is 2. The molecule has 29 heavy (non-hydrogen) atoms. The van der Waals surface area contributed by atoms with Crippen LogP contribution in [0.15, 0.2) is 35.9 Å². The molecule has 1 amide bonds. The van der Waals surface area contributed by atoms with Crippen LogP contribution in [0.2, 0.25) is 0 Å². The van der Waals surface area contributed by atoms with Gasteiger partial charge in [-0.05, 0) is 49.6 Å². The number of thiophene rings is 1. The van der Waals surface area contributed by atoms with Crippen LogP contribution in [0.25, 0.3) is 6.08 Å². The number of ether oxygens (including phenoxy) is 2. The van der Waals surface area contributed by atoms with E-state index in [-0.39, 0.29) is 12.2 Å². The van der Waals surface area contributed by atoms with E-state index in [4.69, 9.17) is 9.47 Å². The maximum absolute atomic E-state index is 12.6. The molecule has 0 spiro atoms. The fraction of sp³-hybridized carbons (Fsp3) is 0.318. The fourth-order valence-electron chi connectivity index (χ4n) is 2.44. The molecule has 0 fully saturated rings. The molecule has 6 nitrogen and oxygen atoms in total. The Hall–Kier alpha value is -3.11. The van der Waals surface area contributed by atoms with E-state index in [1.807, 2.05) is 19.9 Å². The van der Waals surface area contributed by atoms with Gasteiger partial charge in [-0.2, -0.15) is 5.26 Å². The molecule has 1 heterocycles. The SMILES string of the molecule is CCCOc1ccc(C=C(C#N)C(=O)Nc2sc(CC)cc2C(=O)OCC)cc1. The third-order valence-corrected chi connectivity index (χ3v) is 5.08. The van der Waals surface area contributed by atoms with Gasteiger partial charge in [-0.25, -0.2) is 4.79 Å². The van der Waals surface area contributed by atoms with Crippen LogP contribution >= 0.6 is 11.3 Å². The monoisotopic (exact) mass is 412 g/mol. The smallest absolute Gasteiger partial charge is 0.341 e. The second kappa shape index (κ2) is 11.0. The second-order valence-corrected chi connectivity index (χ2v) is 7.21. The van der Waals surface area contributed by atoms with Crippen molar-refractivity contribution in [2.75, 3.05) is 18.5 Å². The minimum Gasteiger partial charge on any atom is -0.494 e. The Bertz CT molecular complexity index is 923. The molecule has 2 rings (SSSR count). The number of hydrogen-bond acceptors (Lipinski definition) is 6. The van der Waals surface area contributed by atoms with Crippen molar-refractivity contribution in [1.82, 2.24) is 0 Å². The average Bonchev–Trinajstić information content (AvgIpc) is 3.14. The molecule has 0 unspecified atom stereocenters. The summed E-state index contributed by atoms with van der Waals surface area (Å²) in [6.45, 7) is 6.58. The minimum absolute atomic E-state index is 0.0616. The molecular formula is C22H24N2O4S. The summed E-state index contributed by atoms with van der Waals surface area (Å²) in [4.78, 5) is 25.7. The fourth-order valence-corrected chi connectivity index (χ4v) is 3.41. The van der Waals surface area contributed by atoms with Gasteiger partial charge < -0.3 is 14.8 Å². The standard InChI is InChI=1S/C22H24N2O4S/c1-4-11-28-17-9-7-15(8-10-17)12-16(14-23)20(25)24-21-19(22(26)27-6-3)13-18(5-2)29-21/h7-10,12-13H,4-6,11H2,1-3H3,(H,24,25). The first kappa shape index (κ1) is 22.2. The summed E-state index contributed by atoms with van der Waals surface area (Å²) in [7, 11) is 0. The Morgan fingerprint density at radius 2 is 1.93 bits per heavy atom. The molecule has 0 bridgehead atoms. The number of amides is 1. The van der Waals surface area contributed by atoms with Crippen LogP contribution in [0, 0.1) is 11.3 Å². The lowest BCUT2D eigenvalue weighted by atomic mass is 10.1. The van der Waals surface area contributed by atoms with E-state index in [9.17, 15) is 14.9 Å². The molecule has 152 valence electrons. The predicted molar refractivity (Wildman–Crippen MR) is 114 cm³/mol. The minimum atomic E-state index is -0.575. The van der Waals surface area contributed by atoms with E-state index in [1.54, 1.807) is 37.3 Å². The molecule has 1 aromatic carbocycles. The molecule has 0 saturated heterocycles. The maximum atomic E-state index is 12.6. The number of carbonyl (C=O) groups excluding carboxylic acids is 2. The first-order chi connectivity index (χ1) is 14.0. The lowest BCUT2D eigenvalue weighted by molar-refractivity contribution is -0.112. The van der Waals surface area contributed by atoms with Crippen LogP contribution in [-0.2, 0) is 16.0 Å². The summed E-state index contributed by atoms with van der Waals surface area (Å²) in [6, 6.07) is 10.8. The quantitative estimate of drug-likeness (QED) is 0.362. The number of nitrogens with one attached hydrogen (secondary N) is 1. The van der Waals surface area contributed by atoms with Gasteiger partial charge in [0, 0.05) is 4.88 Å². The largest absolute Gasteiger partial charge is 0.494 e. The number of hydrogen-bond donors (Lipinski definition) is 1. The van der Waals surface area contributed by atoms with Crippen molar-refractivity contribution in [3.63, 3.8) is 0 Å². The molecule has 0 aliphatic carbocycles. The molecular weight excluding hydrogens is 388 g/mol. The molecule has 0 radical (unpaired) electrons. The topological polar surface area (TPSA) is 88.4 Å². The Kier molecular flexibility index (Phi) is 8.44. The average molecular weight is 413 g/mol. The molecule has 1 N–H and O–H groups in total. The Morgan fingerprint density at radius 3 is 2.52 bits per heavy atom. The molecule has 2 aromatic rings. The van der Waals surface area contributed by atoms with Gasteiger partial charge in [-0.1, -0.05) is 26.0 Å². The van der Waals surface area contributed by atoms with Crippen molar-refractivity contribution in [3.05, 3.63) is 51.9 Å². The zero-order chi connectivity index (χ0) is 21.2. The number of benzene rings is 1. The summed E-state index contributed by atoms with van der Waals surface area (Å²) in [5.74, 6) is -0.338. The zero-order valence-electron chi connectivity index (χ0n) is 16.8. The van der Waals surface area contributed by atoms with Crippen molar-refractivity contribution in [2.24, 2.45) is 0 Å². The van der Waals surface area contributed by atoms with Gasteiger partial charge in [0.1, 0.15) is 22.4 Å². The third-order valence-electron chi connectivity index (χ3n) is 3.88. The molecule has 1 aromatic heterocycles. The van der Waals surface area contributed by atoms with Crippen LogP contribution in [-0.4, -0.2) is 25.1 Å². The van der Waals surface area contributed by atoms with E-state index in [1.165, 1.54) is 17.4 Å². The van der Waals surface area contributed by atoms with Crippen LogP contribution in [0.3, 0.4) is 0 Å². The van der Waals surface area contributed by atoms with Gasteiger partial charge in [0.2, 0.25) is 0 Å². The highest BCUT2D eigenvalue weighted by molar-refractivity contribution is 7.16. The molecule has 0 saturated carbocycles. The van der Waals surface area contributed by atoms with Gasteiger partial charge in [-0.3, -0.25) is 4.79 Å². The van der Waals surface area contributed by atoms with Gasteiger partial charge in [0.25, 0.3) is 5.91 Å². The van der Waals surface area contributed by atoms with E-state index in [2.05, 4.69) is 5.32 Å². The second-order valence-electron chi connectivity index (χ2n) is 6.07. The first-order valence-electron chi connectivity index (χ1n) is 9.48. The molecule has 7 heteroatoms. The molecule has 0 aliphatic heterocycles. The van der Waals surface area contributed by atoms with Crippen molar-refractivity contribution in [1.29, 1.82) is 5.26 Å². The van der Waals surface area contributed by atoms with Crippen molar-refractivity contribution in [2.45, 2.75) is 33.6 Å². The van der Waals surface area contributed by atoms with Crippen molar-refractivity contribution in [3.8, 4) is 11.8 Å². The number of rotatable bonds is 9. The summed E-state index contributed by atoms with van der Waals surface area (Å²) < 4.78 is 10.6. The molecule has 0 aliphatic rings. The third kappa shape index (κ3) is 6.19. The van der Waals surface area contributed by atoms with E-state index in [0.29, 0.717) is 22.7 Å². The van der Waals surface area contributed by atoms with Gasteiger partial charge >= 0.3 is 5.97 Å². The van der Waals surface area contributed by atoms with Crippen molar-refractivity contribution < 1.29 is 19.1 Å². The number of esters is 1. The van der Waals surface area contributed by atoms with Crippen LogP contribution < -0.4 is 10.1 Å². The van der Waals surface area contributed by atoms with Crippen LogP contribution in [0.1, 0.15) is 48.0 Å². The van der Waals surface area contributed by atoms with Gasteiger partial charge in [-0.15, -0.1) is 11.3 Å². The predicted octanol–water partition coefficient (Wildman–Crippen LogP) is 4.82. The van der Waals surface area contributed by atoms with Crippen LogP contribution in [0.4, 0.5) is 5.00 Å². The summed E-state index contributed by atoms with van der Waals surface area (Å²) in [5.41, 5.74) is 0.942. The summed E-state index contributed by atoms with van der Waals surface area (Å²) in [6.07, 6.45) is 3.13. The summed E-state index contributed by atoms with van der Waals surface area (Å²) in [5, 5.41) is 12.5. The highest BCUT2D eigenvalue weighted by Gasteiger charge is 2.20. The number of anilines is 1. The number of nitrogens with zero attached hydrogens (tertiary/aromatic N) is 1. The van der Waals surface area contributed by atoms with Crippen molar-refractivity contribution >= 4 is 34.3 Å².